The minimum Gasteiger partial charge on any atom is -0.369 e. The minimum absolute atomic E-state index is 0. The van der Waals surface area contributed by atoms with E-state index < -0.39 is 24.2 Å². The van der Waals surface area contributed by atoms with Crippen LogP contribution in [0, 0.1) is 0 Å². The molecule has 0 saturated carbocycles. The van der Waals surface area contributed by atoms with E-state index in [1.165, 1.54) is 17.0 Å². The molecular weight excluding hydrogens is 369 g/mol. The summed E-state index contributed by atoms with van der Waals surface area (Å²) in [5.41, 5.74) is 10.9. The van der Waals surface area contributed by atoms with Crippen LogP contribution in [0.25, 0.3) is 0 Å². The van der Waals surface area contributed by atoms with Crippen LogP contribution in [0.15, 0.2) is 34.3 Å². The van der Waals surface area contributed by atoms with E-state index in [2.05, 4.69) is 9.98 Å². The molecule has 1 aromatic carbocycles. The van der Waals surface area contributed by atoms with Gasteiger partial charge in [-0.2, -0.15) is 18.2 Å². The smallest absolute Gasteiger partial charge is 0.369 e. The molecule has 11 heteroatoms. The highest BCUT2D eigenvalue weighted by Gasteiger charge is 2.39. The summed E-state index contributed by atoms with van der Waals surface area (Å²) in [4.78, 5) is 8.79. The quantitative estimate of drug-likeness (QED) is 0.466. The second kappa shape index (κ2) is 7.85. The van der Waals surface area contributed by atoms with E-state index in [-0.39, 0.29) is 43.8 Å². The number of halogens is 6. The number of guanidine groups is 2. The summed E-state index contributed by atoms with van der Waals surface area (Å²) in [5, 5.41) is 0. The first-order valence-corrected chi connectivity index (χ1v) is 7.00. The van der Waals surface area contributed by atoms with Crippen LogP contribution in [-0.2, 0) is 12.7 Å². The second-order valence-corrected chi connectivity index (χ2v) is 5.37. The zero-order valence-corrected chi connectivity index (χ0v) is 13.7. The van der Waals surface area contributed by atoms with Gasteiger partial charge in [0.2, 0.25) is 5.96 Å². The number of aliphatic imine (C=N–C) groups is 2. The van der Waals surface area contributed by atoms with E-state index in [9.17, 15) is 22.0 Å². The number of hydrogen-bond donors (Lipinski definition) is 2. The van der Waals surface area contributed by atoms with Crippen molar-refractivity contribution in [3.8, 4) is 0 Å². The molecule has 5 nitrogen and oxygen atoms in total. The van der Waals surface area contributed by atoms with Gasteiger partial charge in [-0.25, -0.2) is 13.8 Å². The molecule has 0 aromatic heterocycles. The summed E-state index contributed by atoms with van der Waals surface area (Å²) in [5.74, 6) is -3.21. The molecule has 0 radical (unpaired) electrons. The number of nitrogens with two attached hydrogens (primary N) is 2. The van der Waals surface area contributed by atoms with Crippen LogP contribution in [0.3, 0.4) is 0 Å². The first-order chi connectivity index (χ1) is 11.1. The van der Waals surface area contributed by atoms with Gasteiger partial charge < -0.3 is 16.4 Å². The molecule has 1 aliphatic heterocycles. The molecule has 2 rings (SSSR count). The third-order valence-electron chi connectivity index (χ3n) is 3.43. The van der Waals surface area contributed by atoms with Crippen LogP contribution in [0.4, 0.5) is 22.0 Å². The number of nitrogens with zero attached hydrogens (tertiary/aromatic N) is 3. The molecule has 25 heavy (non-hydrogen) atoms. The van der Waals surface area contributed by atoms with Crippen molar-refractivity contribution in [3.63, 3.8) is 0 Å². The lowest BCUT2D eigenvalue weighted by atomic mass is 10.1. The molecule has 1 heterocycles. The Morgan fingerprint density at radius 1 is 1.16 bits per heavy atom. The summed E-state index contributed by atoms with van der Waals surface area (Å²) in [6.07, 6.45) is -4.72. The second-order valence-electron chi connectivity index (χ2n) is 5.37. The van der Waals surface area contributed by atoms with Crippen LogP contribution >= 0.6 is 12.4 Å². The van der Waals surface area contributed by atoms with Crippen LogP contribution in [-0.4, -0.2) is 35.8 Å². The Morgan fingerprint density at radius 2 is 1.76 bits per heavy atom. The van der Waals surface area contributed by atoms with E-state index in [1.807, 2.05) is 0 Å². The molecule has 0 bridgehead atoms. The number of hydrogen-bond acceptors (Lipinski definition) is 1. The maximum Gasteiger partial charge on any atom is 0.416 e. The average Bonchev–Trinajstić information content (AvgIpc) is 2.85. The fourth-order valence-corrected chi connectivity index (χ4v) is 2.13. The molecule has 0 spiro atoms. The van der Waals surface area contributed by atoms with Crippen LogP contribution in [0.1, 0.15) is 17.5 Å². The Labute approximate surface area is 147 Å². The van der Waals surface area contributed by atoms with Gasteiger partial charge in [-0.1, -0.05) is 12.1 Å². The lowest BCUT2D eigenvalue weighted by Crippen LogP contribution is -2.38. The van der Waals surface area contributed by atoms with Crippen molar-refractivity contribution < 1.29 is 22.0 Å². The van der Waals surface area contributed by atoms with Crippen LogP contribution < -0.4 is 11.5 Å². The molecule has 1 saturated heterocycles. The van der Waals surface area contributed by atoms with Gasteiger partial charge in [-0.15, -0.1) is 12.4 Å². The zero-order valence-electron chi connectivity index (χ0n) is 12.9. The molecule has 0 aliphatic carbocycles. The van der Waals surface area contributed by atoms with Crippen molar-refractivity contribution in [1.29, 1.82) is 0 Å². The number of rotatable bonds is 2. The summed E-state index contributed by atoms with van der Waals surface area (Å²) in [6.45, 7) is -0.472. The summed E-state index contributed by atoms with van der Waals surface area (Å²) >= 11 is 0. The van der Waals surface area contributed by atoms with E-state index in [4.69, 9.17) is 11.5 Å². The van der Waals surface area contributed by atoms with Crippen molar-refractivity contribution in [3.05, 3.63) is 35.4 Å². The van der Waals surface area contributed by atoms with Gasteiger partial charge in [0.25, 0.3) is 5.92 Å². The normalized spacial score (nSPS) is 18.2. The van der Waals surface area contributed by atoms with Gasteiger partial charge in [-0.05, 0) is 17.7 Å². The fourth-order valence-electron chi connectivity index (χ4n) is 2.13. The highest BCUT2D eigenvalue weighted by atomic mass is 35.5. The first kappa shape index (κ1) is 20.9. The predicted molar refractivity (Wildman–Crippen MR) is 86.8 cm³/mol. The largest absolute Gasteiger partial charge is 0.416 e. The highest BCUT2D eigenvalue weighted by Crippen LogP contribution is 2.29. The Hall–Kier alpha value is -2.10. The summed E-state index contributed by atoms with van der Waals surface area (Å²) < 4.78 is 63.5. The SMILES string of the molecule is Cl.NC(=NCc1ccc(C(F)(F)F)cc1)N=C(N)N1CCC(F)(F)C1. The lowest BCUT2D eigenvalue weighted by Gasteiger charge is -2.16. The number of alkyl halides is 5. The van der Waals surface area contributed by atoms with Crippen LogP contribution in [0.5, 0.6) is 0 Å². The third kappa shape index (κ3) is 6.04. The molecular formula is C14H17ClF5N5. The molecule has 0 unspecified atom stereocenters. The molecule has 1 aromatic rings. The Bertz CT molecular complexity index is 642. The van der Waals surface area contributed by atoms with E-state index in [0.717, 1.165) is 12.1 Å². The minimum atomic E-state index is -4.41. The topological polar surface area (TPSA) is 80.0 Å². The predicted octanol–water partition coefficient (Wildman–Crippen LogP) is 2.60. The Balaban J connectivity index is 0.00000312. The first-order valence-electron chi connectivity index (χ1n) is 7.00. The Morgan fingerprint density at radius 3 is 2.24 bits per heavy atom. The monoisotopic (exact) mass is 385 g/mol. The molecule has 1 aliphatic rings. The van der Waals surface area contributed by atoms with Gasteiger partial charge in [0.05, 0.1) is 18.7 Å². The fraction of sp³-hybridized carbons (Fsp3) is 0.429. The molecule has 4 N–H and O–H groups in total. The van der Waals surface area contributed by atoms with E-state index in [1.54, 1.807) is 0 Å². The van der Waals surface area contributed by atoms with Crippen molar-refractivity contribution in [1.82, 2.24) is 4.90 Å². The average molecular weight is 386 g/mol. The van der Waals surface area contributed by atoms with Crippen molar-refractivity contribution >= 4 is 24.3 Å². The Kier molecular flexibility index (Phi) is 6.58. The van der Waals surface area contributed by atoms with E-state index in [0.29, 0.717) is 5.56 Å². The lowest BCUT2D eigenvalue weighted by molar-refractivity contribution is -0.137. The van der Waals surface area contributed by atoms with Gasteiger partial charge in [-0.3, -0.25) is 0 Å². The van der Waals surface area contributed by atoms with Crippen molar-refractivity contribution in [2.75, 3.05) is 13.1 Å². The summed E-state index contributed by atoms with van der Waals surface area (Å²) in [7, 11) is 0. The zero-order chi connectivity index (χ0) is 18.0. The van der Waals surface area contributed by atoms with Crippen molar-refractivity contribution in [2.45, 2.75) is 25.1 Å². The van der Waals surface area contributed by atoms with Crippen molar-refractivity contribution in [2.24, 2.45) is 21.5 Å². The third-order valence-corrected chi connectivity index (χ3v) is 3.43. The maximum atomic E-state index is 13.1. The summed E-state index contributed by atoms with van der Waals surface area (Å²) in [6, 6.07) is 4.41. The molecule has 0 amide bonds. The molecule has 0 atom stereocenters. The van der Waals surface area contributed by atoms with Crippen LogP contribution in [0.2, 0.25) is 0 Å². The van der Waals surface area contributed by atoms with E-state index >= 15 is 0 Å². The molecule has 1 fully saturated rings. The van der Waals surface area contributed by atoms with Gasteiger partial charge in [0.1, 0.15) is 0 Å². The van der Waals surface area contributed by atoms with Gasteiger partial charge in [0, 0.05) is 13.0 Å². The number of likely N-dealkylation sites (tertiary alicyclic amines) is 1. The maximum absolute atomic E-state index is 13.1. The van der Waals surface area contributed by atoms with Gasteiger partial charge >= 0.3 is 6.18 Å². The molecule has 140 valence electrons. The number of benzene rings is 1. The highest BCUT2D eigenvalue weighted by molar-refractivity contribution is 5.93. The standard InChI is InChI=1S/C14H16F5N5.ClH/c15-13(16)5-6-24(8-13)12(21)23-11(20)22-7-9-1-3-10(4-2-9)14(17,18)19;/h1-4H,5-8H2,(H4,20,21,22,23);1H. The van der Waals surface area contributed by atoms with Gasteiger partial charge in [0.15, 0.2) is 5.96 Å².